The van der Waals surface area contributed by atoms with Crippen molar-refractivity contribution >= 4 is 11.9 Å². The van der Waals surface area contributed by atoms with Gasteiger partial charge in [-0.25, -0.2) is 0 Å². The third-order valence-electron chi connectivity index (χ3n) is 4.66. The highest BCUT2D eigenvalue weighted by molar-refractivity contribution is 5.81. The van der Waals surface area contributed by atoms with Crippen LogP contribution in [0.15, 0.2) is 24.3 Å². The van der Waals surface area contributed by atoms with Gasteiger partial charge in [0.05, 0.1) is 6.61 Å². The largest absolute Gasteiger partial charge is 0.484 e. The normalized spacial score (nSPS) is 20.6. The quantitative estimate of drug-likeness (QED) is 0.853. The molecule has 1 aliphatic heterocycles. The summed E-state index contributed by atoms with van der Waals surface area (Å²) in [4.78, 5) is 25.4. The molecule has 1 fully saturated rings. The highest BCUT2D eigenvalue weighted by atomic mass is 16.5. The van der Waals surface area contributed by atoms with Gasteiger partial charge >= 0.3 is 5.97 Å². The molecule has 2 rings (SSSR count). The van der Waals surface area contributed by atoms with Gasteiger partial charge in [-0.2, -0.15) is 0 Å². The monoisotopic (exact) mass is 349 g/mol. The summed E-state index contributed by atoms with van der Waals surface area (Å²) >= 11 is 0. The van der Waals surface area contributed by atoms with Crippen LogP contribution in [0, 0.1) is 5.41 Å². The number of methoxy groups -OCH3 is 1. The molecule has 1 atom stereocenters. The molecule has 1 N–H and O–H groups in total. The van der Waals surface area contributed by atoms with Gasteiger partial charge in [-0.3, -0.25) is 9.59 Å². The Balaban J connectivity index is 1.92. The fourth-order valence-corrected chi connectivity index (χ4v) is 3.00. The fourth-order valence-electron chi connectivity index (χ4n) is 3.00. The summed E-state index contributed by atoms with van der Waals surface area (Å²) < 4.78 is 10.6. The maximum Gasteiger partial charge on any atom is 0.313 e. The van der Waals surface area contributed by atoms with Crippen molar-refractivity contribution in [3.63, 3.8) is 0 Å². The van der Waals surface area contributed by atoms with Gasteiger partial charge in [0.15, 0.2) is 6.61 Å². The fraction of sp³-hybridized carbons (Fsp3) is 0.579. The van der Waals surface area contributed by atoms with Crippen molar-refractivity contribution in [1.82, 2.24) is 4.90 Å². The van der Waals surface area contributed by atoms with Crippen molar-refractivity contribution in [1.29, 1.82) is 0 Å². The molecule has 1 aromatic rings. The number of nitrogens with zero attached hydrogens (tertiary/aromatic N) is 1. The van der Waals surface area contributed by atoms with E-state index in [1.165, 1.54) is 17.6 Å². The second-order valence-corrected chi connectivity index (χ2v) is 7.65. The van der Waals surface area contributed by atoms with Gasteiger partial charge < -0.3 is 19.5 Å². The smallest absolute Gasteiger partial charge is 0.313 e. The summed E-state index contributed by atoms with van der Waals surface area (Å²) in [7, 11) is 1.47. The van der Waals surface area contributed by atoms with E-state index in [-0.39, 0.29) is 31.1 Å². The summed E-state index contributed by atoms with van der Waals surface area (Å²) in [6.07, 6.45) is 0.391. The summed E-state index contributed by atoms with van der Waals surface area (Å²) in [5.74, 6) is -0.510. The first-order valence-corrected chi connectivity index (χ1v) is 8.41. The van der Waals surface area contributed by atoms with Crippen LogP contribution in [-0.2, 0) is 19.7 Å². The van der Waals surface area contributed by atoms with Crippen molar-refractivity contribution in [3.05, 3.63) is 29.8 Å². The van der Waals surface area contributed by atoms with E-state index < -0.39 is 11.4 Å². The van der Waals surface area contributed by atoms with Gasteiger partial charge in [0.2, 0.25) is 0 Å². The molecule has 1 unspecified atom stereocenters. The average Bonchev–Trinajstić information content (AvgIpc) is 2.98. The summed E-state index contributed by atoms with van der Waals surface area (Å²) in [5.41, 5.74) is 0.237. The molecule has 0 aliphatic carbocycles. The predicted octanol–water partition coefficient (Wildman–Crippen LogP) is 2.31. The molecule has 0 aromatic heterocycles. The average molecular weight is 349 g/mol. The molecule has 25 heavy (non-hydrogen) atoms. The topological polar surface area (TPSA) is 76.1 Å². The van der Waals surface area contributed by atoms with Gasteiger partial charge in [-0.05, 0) is 29.5 Å². The van der Waals surface area contributed by atoms with E-state index in [1.807, 2.05) is 24.3 Å². The van der Waals surface area contributed by atoms with Crippen LogP contribution >= 0.6 is 0 Å². The Morgan fingerprint density at radius 3 is 2.40 bits per heavy atom. The lowest BCUT2D eigenvalue weighted by Gasteiger charge is -2.24. The first-order chi connectivity index (χ1) is 11.7. The molecule has 1 aromatic carbocycles. The van der Waals surface area contributed by atoms with E-state index >= 15 is 0 Å². The number of likely N-dealkylation sites (tertiary alicyclic amines) is 1. The van der Waals surface area contributed by atoms with Gasteiger partial charge in [0, 0.05) is 20.2 Å². The van der Waals surface area contributed by atoms with E-state index in [9.17, 15) is 14.7 Å². The molecule has 0 bridgehead atoms. The minimum atomic E-state index is -1.02. The van der Waals surface area contributed by atoms with Gasteiger partial charge in [-0.1, -0.05) is 32.9 Å². The summed E-state index contributed by atoms with van der Waals surface area (Å²) in [5, 5.41) is 9.44. The molecular formula is C19H27NO5. The zero-order valence-electron chi connectivity index (χ0n) is 15.4. The molecule has 0 saturated carbocycles. The van der Waals surface area contributed by atoms with E-state index in [4.69, 9.17) is 9.47 Å². The lowest BCUT2D eigenvalue weighted by Crippen LogP contribution is -2.41. The molecule has 1 saturated heterocycles. The number of hydrogen-bond acceptors (Lipinski definition) is 4. The molecule has 0 spiro atoms. The first-order valence-electron chi connectivity index (χ1n) is 8.41. The molecule has 6 nitrogen and oxygen atoms in total. The number of benzene rings is 1. The van der Waals surface area contributed by atoms with Crippen LogP contribution < -0.4 is 4.74 Å². The number of carbonyl (C=O) groups excluding carboxylic acids is 1. The Bertz CT molecular complexity index is 620. The van der Waals surface area contributed by atoms with E-state index in [1.54, 1.807) is 0 Å². The van der Waals surface area contributed by atoms with Crippen LogP contribution in [0.4, 0.5) is 0 Å². The first kappa shape index (κ1) is 19.2. The maximum atomic E-state index is 12.3. The Morgan fingerprint density at radius 1 is 1.24 bits per heavy atom. The lowest BCUT2D eigenvalue weighted by atomic mass is 9.87. The van der Waals surface area contributed by atoms with Crippen LogP contribution in [0.5, 0.6) is 5.75 Å². The van der Waals surface area contributed by atoms with Gasteiger partial charge in [0.1, 0.15) is 11.2 Å². The Morgan fingerprint density at radius 2 is 1.88 bits per heavy atom. The minimum Gasteiger partial charge on any atom is -0.484 e. The van der Waals surface area contributed by atoms with Crippen molar-refractivity contribution < 1.29 is 24.2 Å². The number of hydrogen-bond donors (Lipinski definition) is 1. The molecule has 1 heterocycles. The predicted molar refractivity (Wildman–Crippen MR) is 93.8 cm³/mol. The zero-order chi connectivity index (χ0) is 18.7. The summed E-state index contributed by atoms with van der Waals surface area (Å²) in [6, 6.07) is 7.68. The highest BCUT2D eigenvalue weighted by Crippen LogP contribution is 2.31. The standard InChI is InChI=1S/C19H27NO5/c1-18(2,3)14-5-7-15(8-6-14)25-11-16(21)20-10-9-19(12-20,13-24-4)17(22)23/h5-8H,9-13H2,1-4H3,(H,22,23). The minimum absolute atomic E-state index is 0.0609. The van der Waals surface area contributed by atoms with Crippen LogP contribution in [0.25, 0.3) is 0 Å². The Labute approximate surface area is 148 Å². The second kappa shape index (κ2) is 7.44. The number of carbonyl (C=O) groups is 2. The maximum absolute atomic E-state index is 12.3. The molecular weight excluding hydrogens is 322 g/mol. The number of amides is 1. The third-order valence-corrected chi connectivity index (χ3v) is 4.66. The number of carboxylic acids is 1. The van der Waals surface area contributed by atoms with Crippen LogP contribution in [0.2, 0.25) is 0 Å². The van der Waals surface area contributed by atoms with Gasteiger partial charge in [0.25, 0.3) is 5.91 Å². The number of carboxylic acid groups (broad SMARTS) is 1. The van der Waals surface area contributed by atoms with Crippen molar-refractivity contribution in [2.75, 3.05) is 33.4 Å². The number of aliphatic carboxylic acids is 1. The molecule has 138 valence electrons. The van der Waals surface area contributed by atoms with Crippen molar-refractivity contribution in [2.24, 2.45) is 5.41 Å². The number of ether oxygens (including phenoxy) is 2. The van der Waals surface area contributed by atoms with Crippen molar-refractivity contribution in [3.8, 4) is 5.75 Å². The van der Waals surface area contributed by atoms with Gasteiger partial charge in [-0.15, -0.1) is 0 Å². The summed E-state index contributed by atoms with van der Waals surface area (Å²) in [6.45, 7) is 6.96. The third kappa shape index (κ3) is 4.51. The number of rotatable bonds is 6. The SMILES string of the molecule is COCC1(C(=O)O)CCN(C(=O)COc2ccc(C(C)(C)C)cc2)C1. The van der Waals surface area contributed by atoms with E-state index in [2.05, 4.69) is 20.8 Å². The van der Waals surface area contributed by atoms with Crippen LogP contribution in [0.1, 0.15) is 32.8 Å². The Kier molecular flexibility index (Phi) is 5.72. The highest BCUT2D eigenvalue weighted by Gasteiger charge is 2.46. The van der Waals surface area contributed by atoms with Crippen LogP contribution in [0.3, 0.4) is 0 Å². The Hall–Kier alpha value is -2.08. The lowest BCUT2D eigenvalue weighted by molar-refractivity contribution is -0.151. The molecule has 6 heteroatoms. The van der Waals surface area contributed by atoms with E-state index in [0.717, 1.165) is 0 Å². The van der Waals surface area contributed by atoms with Crippen LogP contribution in [-0.4, -0.2) is 55.3 Å². The molecule has 1 amide bonds. The van der Waals surface area contributed by atoms with E-state index in [0.29, 0.717) is 18.7 Å². The molecule has 1 aliphatic rings. The zero-order valence-corrected chi connectivity index (χ0v) is 15.4. The molecule has 0 radical (unpaired) electrons. The van der Waals surface area contributed by atoms with Crippen molar-refractivity contribution in [2.45, 2.75) is 32.6 Å². The second-order valence-electron chi connectivity index (χ2n) is 7.65.